The van der Waals surface area contributed by atoms with Crippen LogP contribution in [0, 0.1) is 0 Å². The van der Waals surface area contributed by atoms with E-state index >= 15 is 0 Å². The molecular weight excluding hydrogens is 448 g/mol. The predicted molar refractivity (Wildman–Crippen MR) is 110 cm³/mol. The van der Waals surface area contributed by atoms with Gasteiger partial charge in [-0.1, -0.05) is 18.2 Å². The number of nitrogens with one attached hydrogen (secondary N) is 2. The lowest BCUT2D eigenvalue weighted by atomic mass is 10.1. The van der Waals surface area contributed by atoms with Crippen LogP contribution in [-0.2, 0) is 21.2 Å². The van der Waals surface area contributed by atoms with Gasteiger partial charge in [-0.2, -0.15) is 0 Å². The van der Waals surface area contributed by atoms with Crippen molar-refractivity contribution in [2.45, 2.75) is 11.3 Å². The maximum absolute atomic E-state index is 12.5. The van der Waals surface area contributed by atoms with E-state index < -0.39 is 10.0 Å². The number of benzene rings is 2. The van der Waals surface area contributed by atoms with Crippen LogP contribution in [0.15, 0.2) is 51.8 Å². The molecule has 0 aliphatic carbocycles. The van der Waals surface area contributed by atoms with E-state index in [1.807, 2.05) is 24.3 Å². The second kappa shape index (κ2) is 10.6. The highest BCUT2D eigenvalue weighted by Gasteiger charge is 2.18. The molecule has 152 valence electrons. The van der Waals surface area contributed by atoms with E-state index in [1.165, 1.54) is 19.2 Å². The van der Waals surface area contributed by atoms with E-state index in [4.69, 9.17) is 9.47 Å². The lowest BCUT2D eigenvalue weighted by Crippen LogP contribution is -2.29. The smallest absolute Gasteiger partial charge is 0.252 e. The molecule has 0 spiro atoms. The quantitative estimate of drug-likeness (QED) is 0.519. The molecule has 7 nitrogen and oxygen atoms in total. The number of para-hydroxylation sites is 1. The molecule has 0 fully saturated rings. The number of hydrogen-bond acceptors (Lipinski definition) is 5. The molecule has 0 unspecified atom stereocenters. The van der Waals surface area contributed by atoms with Crippen LogP contribution in [0.5, 0.6) is 5.75 Å². The van der Waals surface area contributed by atoms with Crippen LogP contribution in [0.25, 0.3) is 0 Å². The van der Waals surface area contributed by atoms with Crippen molar-refractivity contribution in [3.63, 3.8) is 0 Å². The SMILES string of the molecule is COCCNS(=O)(=O)c1ccc(Br)c(C(=O)NCCc2ccccc2OC)c1. The molecule has 1 amide bonds. The molecular formula is C19H23BrN2O5S. The molecule has 9 heteroatoms. The van der Waals surface area contributed by atoms with Crippen molar-refractivity contribution in [2.75, 3.05) is 33.9 Å². The lowest BCUT2D eigenvalue weighted by Gasteiger charge is -2.11. The monoisotopic (exact) mass is 470 g/mol. The van der Waals surface area contributed by atoms with Crippen LogP contribution >= 0.6 is 15.9 Å². The summed E-state index contributed by atoms with van der Waals surface area (Å²) in [6, 6.07) is 11.9. The predicted octanol–water partition coefficient (Wildman–Crippen LogP) is 2.35. The fourth-order valence-corrected chi connectivity index (χ4v) is 3.99. The summed E-state index contributed by atoms with van der Waals surface area (Å²) < 4.78 is 37.7. The van der Waals surface area contributed by atoms with Crippen molar-refractivity contribution < 1.29 is 22.7 Å². The van der Waals surface area contributed by atoms with Crippen LogP contribution < -0.4 is 14.8 Å². The zero-order valence-corrected chi connectivity index (χ0v) is 18.1. The van der Waals surface area contributed by atoms with Gasteiger partial charge in [0.15, 0.2) is 0 Å². The van der Waals surface area contributed by atoms with Gasteiger partial charge in [0, 0.05) is 24.7 Å². The Kier molecular flexibility index (Phi) is 8.43. The highest BCUT2D eigenvalue weighted by molar-refractivity contribution is 9.10. The van der Waals surface area contributed by atoms with Crippen molar-refractivity contribution in [3.8, 4) is 5.75 Å². The normalized spacial score (nSPS) is 11.2. The summed E-state index contributed by atoms with van der Waals surface area (Å²) in [5, 5.41) is 2.81. The summed E-state index contributed by atoms with van der Waals surface area (Å²) >= 11 is 3.31. The average molecular weight is 471 g/mol. The largest absolute Gasteiger partial charge is 0.496 e. The van der Waals surface area contributed by atoms with Crippen LogP contribution in [0.3, 0.4) is 0 Å². The summed E-state index contributed by atoms with van der Waals surface area (Å²) in [5.74, 6) is 0.392. The van der Waals surface area contributed by atoms with Gasteiger partial charge in [-0.3, -0.25) is 4.79 Å². The zero-order valence-electron chi connectivity index (χ0n) is 15.7. The van der Waals surface area contributed by atoms with Gasteiger partial charge in [0.25, 0.3) is 5.91 Å². The fraction of sp³-hybridized carbons (Fsp3) is 0.316. The van der Waals surface area contributed by atoms with Gasteiger partial charge in [-0.05, 0) is 52.2 Å². The highest BCUT2D eigenvalue weighted by Crippen LogP contribution is 2.21. The first-order valence-corrected chi connectivity index (χ1v) is 10.8. The molecule has 0 saturated heterocycles. The van der Waals surface area contributed by atoms with Gasteiger partial charge < -0.3 is 14.8 Å². The van der Waals surface area contributed by atoms with E-state index in [9.17, 15) is 13.2 Å². The number of rotatable bonds is 10. The molecule has 0 aliphatic rings. The summed E-state index contributed by atoms with van der Waals surface area (Å²) in [7, 11) is -0.639. The molecule has 0 heterocycles. The van der Waals surface area contributed by atoms with Crippen molar-refractivity contribution in [3.05, 3.63) is 58.1 Å². The summed E-state index contributed by atoms with van der Waals surface area (Å²) in [6.45, 7) is 0.788. The van der Waals surface area contributed by atoms with Gasteiger partial charge in [-0.15, -0.1) is 0 Å². The molecule has 2 rings (SSSR count). The number of methoxy groups -OCH3 is 2. The van der Waals surface area contributed by atoms with Crippen molar-refractivity contribution in [1.82, 2.24) is 10.0 Å². The molecule has 2 N–H and O–H groups in total. The van der Waals surface area contributed by atoms with E-state index in [1.54, 1.807) is 13.2 Å². The maximum atomic E-state index is 12.5. The number of halogens is 1. The topological polar surface area (TPSA) is 93.7 Å². The van der Waals surface area contributed by atoms with Gasteiger partial charge >= 0.3 is 0 Å². The van der Waals surface area contributed by atoms with Gasteiger partial charge in [0.1, 0.15) is 5.75 Å². The van der Waals surface area contributed by atoms with Crippen molar-refractivity contribution in [2.24, 2.45) is 0 Å². The Morgan fingerprint density at radius 3 is 2.57 bits per heavy atom. The van der Waals surface area contributed by atoms with Crippen LogP contribution in [0.2, 0.25) is 0 Å². The lowest BCUT2D eigenvalue weighted by molar-refractivity contribution is 0.0953. The third-order valence-corrected chi connectivity index (χ3v) is 6.11. The van der Waals surface area contributed by atoms with Gasteiger partial charge in [0.05, 0.1) is 24.2 Å². The Balaban J connectivity index is 2.06. The minimum atomic E-state index is -3.73. The standard InChI is InChI=1S/C19H23BrN2O5S/c1-26-12-11-22-28(24,25)15-7-8-17(20)16(13-15)19(23)21-10-9-14-5-3-4-6-18(14)27-2/h3-8,13,22H,9-12H2,1-2H3,(H,21,23). The number of carbonyl (C=O) groups is 1. The molecule has 0 saturated carbocycles. The number of sulfonamides is 1. The number of hydrogen-bond donors (Lipinski definition) is 2. The average Bonchev–Trinajstić information content (AvgIpc) is 2.68. The van der Waals surface area contributed by atoms with E-state index in [0.717, 1.165) is 11.3 Å². The summed E-state index contributed by atoms with van der Waals surface area (Å²) in [4.78, 5) is 12.6. The third kappa shape index (κ3) is 6.03. The Hall–Kier alpha value is -1.94. The molecule has 28 heavy (non-hydrogen) atoms. The first kappa shape index (κ1) is 22.4. The molecule has 0 bridgehead atoms. The number of carbonyl (C=O) groups excluding carboxylic acids is 1. The van der Waals surface area contributed by atoms with Crippen LogP contribution in [0.4, 0.5) is 0 Å². The van der Waals surface area contributed by atoms with Crippen LogP contribution in [0.1, 0.15) is 15.9 Å². The minimum absolute atomic E-state index is 0.0154. The molecule has 2 aromatic rings. The first-order valence-electron chi connectivity index (χ1n) is 8.57. The maximum Gasteiger partial charge on any atom is 0.252 e. The second-order valence-corrected chi connectivity index (χ2v) is 8.47. The fourth-order valence-electron chi connectivity index (χ4n) is 2.52. The molecule has 0 atom stereocenters. The molecule has 0 radical (unpaired) electrons. The Labute approximate surface area is 173 Å². The first-order chi connectivity index (χ1) is 13.4. The number of amides is 1. The van der Waals surface area contributed by atoms with E-state index in [0.29, 0.717) is 17.4 Å². The Morgan fingerprint density at radius 2 is 1.86 bits per heavy atom. The Bertz CT molecular complexity index is 918. The van der Waals surface area contributed by atoms with Gasteiger partial charge in [0.2, 0.25) is 10.0 Å². The van der Waals surface area contributed by atoms with Crippen LogP contribution in [-0.4, -0.2) is 48.2 Å². The highest BCUT2D eigenvalue weighted by atomic mass is 79.9. The zero-order chi connectivity index (χ0) is 20.6. The molecule has 2 aromatic carbocycles. The molecule has 0 aliphatic heterocycles. The Morgan fingerprint density at radius 1 is 1.11 bits per heavy atom. The minimum Gasteiger partial charge on any atom is -0.496 e. The van der Waals surface area contributed by atoms with E-state index in [2.05, 4.69) is 26.0 Å². The van der Waals surface area contributed by atoms with Crippen molar-refractivity contribution in [1.29, 1.82) is 0 Å². The van der Waals surface area contributed by atoms with Gasteiger partial charge in [-0.25, -0.2) is 13.1 Å². The summed E-state index contributed by atoms with van der Waals surface area (Å²) in [6.07, 6.45) is 0.587. The summed E-state index contributed by atoms with van der Waals surface area (Å²) in [5.41, 5.74) is 1.22. The number of ether oxygens (including phenoxy) is 2. The van der Waals surface area contributed by atoms with Crippen molar-refractivity contribution >= 4 is 31.9 Å². The second-order valence-electron chi connectivity index (χ2n) is 5.85. The third-order valence-electron chi connectivity index (χ3n) is 3.96. The molecule has 0 aromatic heterocycles. The van der Waals surface area contributed by atoms with E-state index in [-0.39, 0.29) is 29.5 Å².